The fourth-order valence-corrected chi connectivity index (χ4v) is 2.03. The van der Waals surface area contributed by atoms with Crippen molar-refractivity contribution in [2.75, 3.05) is 20.3 Å². The minimum atomic E-state index is 0.372. The third-order valence-electron chi connectivity index (χ3n) is 2.57. The Balaban J connectivity index is 2.43. The van der Waals surface area contributed by atoms with Gasteiger partial charge >= 0.3 is 0 Å². The lowest BCUT2D eigenvalue weighted by molar-refractivity contribution is 0.157. The molecule has 0 saturated carbocycles. The summed E-state index contributed by atoms with van der Waals surface area (Å²) in [5.41, 5.74) is 1.30. The molecule has 0 amide bonds. The number of hydrogen-bond donors (Lipinski definition) is 1. The molecule has 90 valence electrons. The van der Waals surface area contributed by atoms with Gasteiger partial charge in [0.2, 0.25) is 0 Å². The van der Waals surface area contributed by atoms with Crippen LogP contribution in [0.15, 0.2) is 28.7 Å². The number of nitrogens with one attached hydrogen (secondary N) is 1. The Hall–Kier alpha value is -0.380. The van der Waals surface area contributed by atoms with E-state index >= 15 is 0 Å². The lowest BCUT2D eigenvalue weighted by Gasteiger charge is -2.17. The number of halogens is 1. The molecule has 0 radical (unpaired) electrons. The molecule has 2 nitrogen and oxygen atoms in total. The largest absolute Gasteiger partial charge is 0.384 e. The highest BCUT2D eigenvalue weighted by Gasteiger charge is 2.07. The van der Waals surface area contributed by atoms with Crippen LogP contribution in [0.4, 0.5) is 0 Å². The van der Waals surface area contributed by atoms with Crippen molar-refractivity contribution < 1.29 is 4.74 Å². The molecule has 1 N–H and O–H groups in total. The van der Waals surface area contributed by atoms with Crippen LogP contribution in [0, 0.1) is 5.92 Å². The molecule has 0 fully saturated rings. The van der Waals surface area contributed by atoms with Gasteiger partial charge in [0.05, 0.1) is 0 Å². The van der Waals surface area contributed by atoms with Gasteiger partial charge in [0, 0.05) is 30.8 Å². The lowest BCUT2D eigenvalue weighted by atomic mass is 10.1. The zero-order valence-electron chi connectivity index (χ0n) is 10.2. The van der Waals surface area contributed by atoms with Gasteiger partial charge in [0.1, 0.15) is 0 Å². The lowest BCUT2D eigenvalue weighted by Crippen LogP contribution is -2.26. The van der Waals surface area contributed by atoms with Crippen molar-refractivity contribution in [3.05, 3.63) is 34.3 Å². The average molecular weight is 286 g/mol. The zero-order valence-corrected chi connectivity index (χ0v) is 11.8. The summed E-state index contributed by atoms with van der Waals surface area (Å²) in [6.07, 6.45) is 0. The SMILES string of the molecule is COCC(C)CNC(C)c1cccc(Br)c1. The van der Waals surface area contributed by atoms with E-state index in [-0.39, 0.29) is 0 Å². The summed E-state index contributed by atoms with van der Waals surface area (Å²) >= 11 is 3.49. The van der Waals surface area contributed by atoms with Crippen LogP contribution in [0.5, 0.6) is 0 Å². The van der Waals surface area contributed by atoms with E-state index in [9.17, 15) is 0 Å². The minimum absolute atomic E-state index is 0.372. The van der Waals surface area contributed by atoms with E-state index in [0.29, 0.717) is 12.0 Å². The maximum atomic E-state index is 5.11. The van der Waals surface area contributed by atoms with E-state index in [1.165, 1.54) is 5.56 Å². The third-order valence-corrected chi connectivity index (χ3v) is 3.07. The van der Waals surface area contributed by atoms with Gasteiger partial charge in [-0.2, -0.15) is 0 Å². The van der Waals surface area contributed by atoms with Crippen LogP contribution in [0.1, 0.15) is 25.5 Å². The highest BCUT2D eigenvalue weighted by Crippen LogP contribution is 2.17. The maximum Gasteiger partial charge on any atom is 0.0499 e. The van der Waals surface area contributed by atoms with Gasteiger partial charge in [-0.25, -0.2) is 0 Å². The molecule has 16 heavy (non-hydrogen) atoms. The molecule has 0 bridgehead atoms. The maximum absolute atomic E-state index is 5.11. The normalized spacial score (nSPS) is 14.8. The second-order valence-corrected chi connectivity index (χ2v) is 5.16. The van der Waals surface area contributed by atoms with E-state index in [1.54, 1.807) is 7.11 Å². The van der Waals surface area contributed by atoms with Crippen LogP contribution in [-0.2, 0) is 4.74 Å². The Labute approximate surface area is 107 Å². The number of ether oxygens (including phenoxy) is 1. The summed E-state index contributed by atoms with van der Waals surface area (Å²) < 4.78 is 6.24. The number of methoxy groups -OCH3 is 1. The van der Waals surface area contributed by atoms with E-state index in [2.05, 4.69) is 53.3 Å². The van der Waals surface area contributed by atoms with Crippen LogP contribution in [0.3, 0.4) is 0 Å². The van der Waals surface area contributed by atoms with Gasteiger partial charge in [-0.3, -0.25) is 0 Å². The minimum Gasteiger partial charge on any atom is -0.384 e. The van der Waals surface area contributed by atoms with E-state index in [4.69, 9.17) is 4.74 Å². The molecule has 1 aromatic rings. The van der Waals surface area contributed by atoms with Crippen molar-refractivity contribution in [1.29, 1.82) is 0 Å². The van der Waals surface area contributed by atoms with Crippen molar-refractivity contribution in [3.8, 4) is 0 Å². The first-order valence-corrected chi connectivity index (χ1v) is 6.40. The van der Waals surface area contributed by atoms with Crippen molar-refractivity contribution in [2.24, 2.45) is 5.92 Å². The Bertz CT molecular complexity index is 317. The van der Waals surface area contributed by atoms with Gasteiger partial charge in [0.25, 0.3) is 0 Å². The topological polar surface area (TPSA) is 21.3 Å². The molecule has 0 aliphatic carbocycles. The monoisotopic (exact) mass is 285 g/mol. The molecule has 0 saturated heterocycles. The van der Waals surface area contributed by atoms with Gasteiger partial charge in [-0.1, -0.05) is 35.0 Å². The fraction of sp³-hybridized carbons (Fsp3) is 0.538. The third kappa shape index (κ3) is 4.64. The molecule has 1 aromatic carbocycles. The predicted octanol–water partition coefficient (Wildman–Crippen LogP) is 3.38. The molecule has 2 atom stereocenters. The van der Waals surface area contributed by atoms with Gasteiger partial charge in [-0.05, 0) is 30.5 Å². The summed E-state index contributed by atoms with van der Waals surface area (Å²) in [4.78, 5) is 0. The molecule has 0 aromatic heterocycles. The van der Waals surface area contributed by atoms with Gasteiger partial charge in [-0.15, -0.1) is 0 Å². The smallest absolute Gasteiger partial charge is 0.0499 e. The van der Waals surface area contributed by atoms with Crippen LogP contribution < -0.4 is 5.32 Å². The predicted molar refractivity (Wildman–Crippen MR) is 71.6 cm³/mol. The Morgan fingerprint density at radius 3 is 2.75 bits per heavy atom. The standard InChI is InChI=1S/C13H20BrNO/c1-10(9-16-3)8-15-11(2)12-5-4-6-13(14)7-12/h4-7,10-11,15H,8-9H2,1-3H3. The number of benzene rings is 1. The second-order valence-electron chi connectivity index (χ2n) is 4.25. The van der Waals surface area contributed by atoms with Gasteiger partial charge in [0.15, 0.2) is 0 Å². The summed E-state index contributed by atoms with van der Waals surface area (Å²) in [5, 5.41) is 3.51. The Morgan fingerprint density at radius 2 is 2.12 bits per heavy atom. The fourth-order valence-electron chi connectivity index (χ4n) is 1.62. The molecule has 0 aliphatic rings. The first-order valence-electron chi connectivity index (χ1n) is 5.61. The van der Waals surface area contributed by atoms with E-state index in [0.717, 1.165) is 17.6 Å². The molecule has 0 aliphatic heterocycles. The zero-order chi connectivity index (χ0) is 12.0. The van der Waals surface area contributed by atoms with Gasteiger partial charge < -0.3 is 10.1 Å². The molecule has 0 spiro atoms. The molecule has 2 unspecified atom stereocenters. The van der Waals surface area contributed by atoms with Crippen LogP contribution in [0.2, 0.25) is 0 Å². The second kappa shape index (κ2) is 7.05. The highest BCUT2D eigenvalue weighted by atomic mass is 79.9. The van der Waals surface area contributed by atoms with Crippen molar-refractivity contribution in [1.82, 2.24) is 5.32 Å². The summed E-state index contributed by atoms with van der Waals surface area (Å²) in [6, 6.07) is 8.78. The van der Waals surface area contributed by atoms with Crippen molar-refractivity contribution in [2.45, 2.75) is 19.9 Å². The number of rotatable bonds is 6. The molecular formula is C13H20BrNO. The quantitative estimate of drug-likeness (QED) is 0.865. The molecule has 0 heterocycles. The summed E-state index contributed by atoms with van der Waals surface area (Å²) in [6.45, 7) is 6.14. The highest BCUT2D eigenvalue weighted by molar-refractivity contribution is 9.10. The summed E-state index contributed by atoms with van der Waals surface area (Å²) in [7, 11) is 1.74. The van der Waals surface area contributed by atoms with Crippen LogP contribution in [-0.4, -0.2) is 20.3 Å². The van der Waals surface area contributed by atoms with Crippen LogP contribution in [0.25, 0.3) is 0 Å². The van der Waals surface area contributed by atoms with Crippen molar-refractivity contribution in [3.63, 3.8) is 0 Å². The Morgan fingerprint density at radius 1 is 1.38 bits per heavy atom. The average Bonchev–Trinajstić information content (AvgIpc) is 2.26. The van der Waals surface area contributed by atoms with E-state index in [1.807, 2.05) is 6.07 Å². The van der Waals surface area contributed by atoms with Crippen molar-refractivity contribution >= 4 is 15.9 Å². The Kier molecular flexibility index (Phi) is 6.03. The summed E-state index contributed by atoms with van der Waals surface area (Å²) in [5.74, 6) is 0.541. The van der Waals surface area contributed by atoms with Crippen LogP contribution >= 0.6 is 15.9 Å². The molecule has 3 heteroatoms. The number of hydrogen-bond acceptors (Lipinski definition) is 2. The molecule has 1 rings (SSSR count). The van der Waals surface area contributed by atoms with E-state index < -0.39 is 0 Å². The molecular weight excluding hydrogens is 266 g/mol. The first kappa shape index (κ1) is 13.7. The first-order chi connectivity index (χ1) is 7.63.